The molecule has 1 amide bonds. The van der Waals surface area contributed by atoms with Crippen LogP contribution in [-0.2, 0) is 9.53 Å². The molecule has 0 radical (unpaired) electrons. The van der Waals surface area contributed by atoms with Crippen molar-refractivity contribution in [3.63, 3.8) is 0 Å². The summed E-state index contributed by atoms with van der Waals surface area (Å²) in [5.41, 5.74) is 0. The van der Waals surface area contributed by atoms with Gasteiger partial charge in [0.15, 0.2) is 0 Å². The van der Waals surface area contributed by atoms with Crippen molar-refractivity contribution in [3.8, 4) is 6.07 Å². The van der Waals surface area contributed by atoms with Gasteiger partial charge in [-0.25, -0.2) is 0 Å². The van der Waals surface area contributed by atoms with Crippen LogP contribution in [0.5, 0.6) is 0 Å². The molecule has 5 heteroatoms. The minimum atomic E-state index is -0.302. The maximum atomic E-state index is 12.2. The predicted octanol–water partition coefficient (Wildman–Crippen LogP) is -0.263. The number of amides is 1. The molecule has 0 bridgehead atoms. The van der Waals surface area contributed by atoms with Crippen LogP contribution in [0.1, 0.15) is 12.8 Å². The zero-order chi connectivity index (χ0) is 11.4. The molecule has 2 rings (SSSR count). The Morgan fingerprint density at radius 1 is 1.44 bits per heavy atom. The van der Waals surface area contributed by atoms with Gasteiger partial charge in [-0.3, -0.25) is 4.79 Å². The third kappa shape index (κ3) is 2.34. The summed E-state index contributed by atoms with van der Waals surface area (Å²) in [6, 6.07) is 1.88. The predicted molar refractivity (Wildman–Crippen MR) is 57.5 cm³/mol. The summed E-state index contributed by atoms with van der Waals surface area (Å²) in [5.74, 6) is 0.194. The quantitative estimate of drug-likeness (QED) is 0.665. The molecule has 0 aromatic heterocycles. The van der Waals surface area contributed by atoms with Crippen LogP contribution < -0.4 is 5.32 Å². The van der Waals surface area contributed by atoms with Crippen molar-refractivity contribution < 1.29 is 9.53 Å². The summed E-state index contributed by atoms with van der Waals surface area (Å²) in [4.78, 5) is 13.9. The molecule has 2 saturated heterocycles. The molecule has 0 spiro atoms. The van der Waals surface area contributed by atoms with Crippen LogP contribution in [0.3, 0.4) is 0 Å². The number of nitrogens with zero attached hydrogens (tertiary/aromatic N) is 2. The third-order valence-electron chi connectivity index (χ3n) is 3.25. The van der Waals surface area contributed by atoms with Crippen LogP contribution >= 0.6 is 0 Å². The van der Waals surface area contributed by atoms with E-state index in [9.17, 15) is 4.79 Å². The average Bonchev–Trinajstić information content (AvgIpc) is 2.39. The highest BCUT2D eigenvalue weighted by Crippen LogP contribution is 2.19. The lowest BCUT2D eigenvalue weighted by atomic mass is 9.97. The molecule has 0 aromatic carbocycles. The molecule has 2 aliphatic heterocycles. The van der Waals surface area contributed by atoms with E-state index in [-0.39, 0.29) is 17.9 Å². The van der Waals surface area contributed by atoms with E-state index in [1.54, 1.807) is 4.90 Å². The highest BCUT2D eigenvalue weighted by molar-refractivity contribution is 5.79. The molecule has 1 N–H and O–H groups in total. The van der Waals surface area contributed by atoms with Gasteiger partial charge in [-0.05, 0) is 12.8 Å². The molecule has 16 heavy (non-hydrogen) atoms. The standard InChI is InChI=1S/C11H17N3O2/c12-7-10-8-13-3-4-14(10)11(15)9-1-5-16-6-2-9/h9-10,13H,1-6,8H2. The van der Waals surface area contributed by atoms with Gasteiger partial charge in [0.05, 0.1) is 6.07 Å². The van der Waals surface area contributed by atoms with Gasteiger partial charge >= 0.3 is 0 Å². The number of hydrogen-bond donors (Lipinski definition) is 1. The van der Waals surface area contributed by atoms with Crippen molar-refractivity contribution in [2.24, 2.45) is 5.92 Å². The molecule has 1 atom stereocenters. The van der Waals surface area contributed by atoms with Crippen molar-refractivity contribution in [2.75, 3.05) is 32.8 Å². The van der Waals surface area contributed by atoms with Crippen LogP contribution in [-0.4, -0.2) is 49.7 Å². The lowest BCUT2D eigenvalue weighted by Gasteiger charge is -2.35. The SMILES string of the molecule is N#CC1CNCCN1C(=O)C1CCOCC1. The molecule has 0 aromatic rings. The van der Waals surface area contributed by atoms with E-state index in [0.717, 1.165) is 19.4 Å². The zero-order valence-electron chi connectivity index (χ0n) is 9.32. The highest BCUT2D eigenvalue weighted by atomic mass is 16.5. The normalized spacial score (nSPS) is 27.4. The van der Waals surface area contributed by atoms with Crippen molar-refractivity contribution in [1.82, 2.24) is 10.2 Å². The van der Waals surface area contributed by atoms with Gasteiger partial charge in [-0.15, -0.1) is 0 Å². The highest BCUT2D eigenvalue weighted by Gasteiger charge is 2.32. The number of carbonyl (C=O) groups excluding carboxylic acids is 1. The summed E-state index contributed by atoms with van der Waals surface area (Å²) in [7, 11) is 0. The van der Waals surface area contributed by atoms with Crippen molar-refractivity contribution in [2.45, 2.75) is 18.9 Å². The van der Waals surface area contributed by atoms with Crippen LogP contribution in [0.4, 0.5) is 0 Å². The molecule has 0 saturated carbocycles. The van der Waals surface area contributed by atoms with Crippen molar-refractivity contribution >= 4 is 5.91 Å². The van der Waals surface area contributed by atoms with E-state index in [1.807, 2.05) is 0 Å². The van der Waals surface area contributed by atoms with Crippen molar-refractivity contribution in [1.29, 1.82) is 5.26 Å². The second-order valence-electron chi connectivity index (χ2n) is 4.27. The van der Waals surface area contributed by atoms with E-state index in [2.05, 4.69) is 11.4 Å². The Hall–Kier alpha value is -1.12. The summed E-state index contributed by atoms with van der Waals surface area (Å²) in [6.07, 6.45) is 1.59. The average molecular weight is 223 g/mol. The Bertz CT molecular complexity index is 294. The first-order valence-electron chi connectivity index (χ1n) is 5.81. The minimum absolute atomic E-state index is 0.0581. The first kappa shape index (κ1) is 11.4. The molecule has 2 aliphatic rings. The lowest BCUT2D eigenvalue weighted by Crippen LogP contribution is -2.55. The maximum Gasteiger partial charge on any atom is 0.227 e. The largest absolute Gasteiger partial charge is 0.381 e. The van der Waals surface area contributed by atoms with Gasteiger partial charge in [-0.2, -0.15) is 5.26 Å². The Kier molecular flexibility index (Phi) is 3.75. The van der Waals surface area contributed by atoms with Gasteiger partial charge in [0.25, 0.3) is 0 Å². The van der Waals surface area contributed by atoms with Gasteiger partial charge in [0.1, 0.15) is 6.04 Å². The zero-order valence-corrected chi connectivity index (χ0v) is 9.32. The Morgan fingerprint density at radius 3 is 2.88 bits per heavy atom. The monoisotopic (exact) mass is 223 g/mol. The second kappa shape index (κ2) is 5.28. The molecule has 5 nitrogen and oxygen atoms in total. The van der Waals surface area contributed by atoms with Gasteiger partial charge in [-0.1, -0.05) is 0 Å². The Morgan fingerprint density at radius 2 is 2.19 bits per heavy atom. The van der Waals surface area contributed by atoms with E-state index in [4.69, 9.17) is 10.00 Å². The smallest absolute Gasteiger partial charge is 0.227 e. The van der Waals surface area contributed by atoms with Crippen LogP contribution in [0.2, 0.25) is 0 Å². The lowest BCUT2D eigenvalue weighted by molar-refractivity contribution is -0.140. The number of ether oxygens (including phenoxy) is 1. The van der Waals surface area contributed by atoms with Gasteiger partial charge in [0.2, 0.25) is 5.91 Å². The summed E-state index contributed by atoms with van der Waals surface area (Å²) < 4.78 is 5.24. The molecule has 88 valence electrons. The van der Waals surface area contributed by atoms with E-state index >= 15 is 0 Å². The van der Waals surface area contributed by atoms with E-state index in [1.165, 1.54) is 0 Å². The molecule has 2 fully saturated rings. The summed E-state index contributed by atoms with van der Waals surface area (Å²) in [5, 5.41) is 12.1. The number of hydrogen-bond acceptors (Lipinski definition) is 4. The summed E-state index contributed by atoms with van der Waals surface area (Å²) in [6.45, 7) is 3.35. The minimum Gasteiger partial charge on any atom is -0.381 e. The third-order valence-corrected chi connectivity index (χ3v) is 3.25. The number of carbonyl (C=O) groups is 1. The van der Waals surface area contributed by atoms with Gasteiger partial charge < -0.3 is 15.0 Å². The molecule has 1 unspecified atom stereocenters. The Balaban J connectivity index is 1.98. The fourth-order valence-corrected chi connectivity index (χ4v) is 2.26. The molecule has 2 heterocycles. The molecular weight excluding hydrogens is 206 g/mol. The molecule has 0 aliphatic carbocycles. The fourth-order valence-electron chi connectivity index (χ4n) is 2.26. The number of piperazine rings is 1. The van der Waals surface area contributed by atoms with Gasteiger partial charge in [0, 0.05) is 38.8 Å². The van der Waals surface area contributed by atoms with E-state index in [0.29, 0.717) is 26.3 Å². The first-order chi connectivity index (χ1) is 7.83. The fraction of sp³-hybridized carbons (Fsp3) is 0.818. The number of nitriles is 1. The van der Waals surface area contributed by atoms with E-state index < -0.39 is 0 Å². The summed E-state index contributed by atoms with van der Waals surface area (Å²) >= 11 is 0. The van der Waals surface area contributed by atoms with Crippen LogP contribution in [0.25, 0.3) is 0 Å². The van der Waals surface area contributed by atoms with Crippen LogP contribution in [0, 0.1) is 17.2 Å². The number of rotatable bonds is 1. The van der Waals surface area contributed by atoms with Crippen molar-refractivity contribution in [3.05, 3.63) is 0 Å². The van der Waals surface area contributed by atoms with Crippen LogP contribution in [0.15, 0.2) is 0 Å². The first-order valence-corrected chi connectivity index (χ1v) is 5.81. The number of nitrogens with one attached hydrogen (secondary N) is 1. The maximum absolute atomic E-state index is 12.2. The topological polar surface area (TPSA) is 65.4 Å². The Labute approximate surface area is 95.4 Å². The second-order valence-corrected chi connectivity index (χ2v) is 4.27. The molecular formula is C11H17N3O2.